The predicted molar refractivity (Wildman–Crippen MR) is 136 cm³/mol. The molecule has 2 amide bonds. The molecule has 3 N–H and O–H groups in total. The van der Waals surface area contributed by atoms with Gasteiger partial charge in [0.2, 0.25) is 5.91 Å². The molecular weight excluding hydrogens is 458 g/mol. The van der Waals surface area contributed by atoms with Crippen LogP contribution in [0, 0.1) is 0 Å². The van der Waals surface area contributed by atoms with E-state index in [1.165, 1.54) is 11.1 Å². The van der Waals surface area contributed by atoms with E-state index >= 15 is 0 Å². The molecular formula is C28H35N3O5. The molecule has 2 aromatic rings. The largest absolute Gasteiger partial charge is 0.461 e. The van der Waals surface area contributed by atoms with Crippen molar-refractivity contribution in [1.29, 1.82) is 0 Å². The first-order valence-electron chi connectivity index (χ1n) is 12.8. The third-order valence-electron chi connectivity index (χ3n) is 6.61. The number of rotatable bonds is 10. The van der Waals surface area contributed by atoms with Gasteiger partial charge in [-0.3, -0.25) is 4.79 Å². The molecule has 2 unspecified atom stereocenters. The molecule has 2 aliphatic rings. The van der Waals surface area contributed by atoms with Crippen molar-refractivity contribution >= 4 is 18.0 Å². The van der Waals surface area contributed by atoms with Crippen molar-refractivity contribution in [2.24, 2.45) is 0 Å². The van der Waals surface area contributed by atoms with Crippen LogP contribution in [0.4, 0.5) is 4.79 Å². The second kappa shape index (κ2) is 12.0. The summed E-state index contributed by atoms with van der Waals surface area (Å²) < 4.78 is 10.9. The zero-order valence-electron chi connectivity index (χ0n) is 20.9. The lowest BCUT2D eigenvalue weighted by Gasteiger charge is -2.21. The number of hydrogen-bond donors (Lipinski definition) is 3. The summed E-state index contributed by atoms with van der Waals surface area (Å²) in [6.07, 6.45) is 1.75. The Balaban J connectivity index is 1.25. The predicted octanol–water partition coefficient (Wildman–Crippen LogP) is 3.49. The molecule has 1 heterocycles. The molecule has 0 aromatic heterocycles. The van der Waals surface area contributed by atoms with E-state index in [1.54, 1.807) is 13.8 Å². The Bertz CT molecular complexity index is 1030. The Kier molecular flexibility index (Phi) is 8.59. The fraction of sp³-hybridized carbons (Fsp3) is 0.464. The lowest BCUT2D eigenvalue weighted by atomic mass is 9.98. The molecule has 1 fully saturated rings. The maximum atomic E-state index is 12.5. The molecule has 1 aliphatic heterocycles. The lowest BCUT2D eigenvalue weighted by Crippen LogP contribution is -2.49. The van der Waals surface area contributed by atoms with Crippen LogP contribution >= 0.6 is 0 Å². The van der Waals surface area contributed by atoms with Crippen molar-refractivity contribution in [1.82, 2.24) is 16.0 Å². The van der Waals surface area contributed by atoms with Gasteiger partial charge in [0.1, 0.15) is 12.6 Å². The molecule has 36 heavy (non-hydrogen) atoms. The summed E-state index contributed by atoms with van der Waals surface area (Å²) in [6, 6.07) is 15.3. The van der Waals surface area contributed by atoms with Crippen LogP contribution in [0.2, 0.25) is 0 Å². The minimum Gasteiger partial charge on any atom is -0.461 e. The average Bonchev–Trinajstić information content (AvgIpc) is 3.51. The van der Waals surface area contributed by atoms with Crippen molar-refractivity contribution in [3.8, 4) is 11.1 Å². The van der Waals surface area contributed by atoms with E-state index in [-0.39, 0.29) is 30.6 Å². The summed E-state index contributed by atoms with van der Waals surface area (Å²) in [5.41, 5.74) is 4.67. The third-order valence-corrected chi connectivity index (χ3v) is 6.61. The number of nitrogens with one attached hydrogen (secondary N) is 3. The Hall–Kier alpha value is -3.39. The number of amides is 2. The minimum atomic E-state index is -0.758. The van der Waals surface area contributed by atoms with Crippen LogP contribution in [0.15, 0.2) is 48.5 Å². The molecule has 1 aliphatic carbocycles. The van der Waals surface area contributed by atoms with Crippen LogP contribution in [-0.4, -0.2) is 55.9 Å². The smallest absolute Gasteiger partial charge is 0.407 e. The van der Waals surface area contributed by atoms with E-state index in [2.05, 4.69) is 40.2 Å². The Morgan fingerprint density at radius 1 is 1.03 bits per heavy atom. The zero-order chi connectivity index (χ0) is 25.5. The van der Waals surface area contributed by atoms with Crippen LogP contribution in [0.25, 0.3) is 11.1 Å². The fourth-order valence-electron chi connectivity index (χ4n) is 4.89. The van der Waals surface area contributed by atoms with Crippen LogP contribution in [0.1, 0.15) is 56.6 Å². The topological polar surface area (TPSA) is 106 Å². The first-order chi connectivity index (χ1) is 17.4. The van der Waals surface area contributed by atoms with Gasteiger partial charge in [-0.15, -0.1) is 0 Å². The second-order valence-corrected chi connectivity index (χ2v) is 9.59. The van der Waals surface area contributed by atoms with E-state index < -0.39 is 18.1 Å². The third kappa shape index (κ3) is 6.23. The van der Waals surface area contributed by atoms with Gasteiger partial charge in [0, 0.05) is 12.5 Å². The zero-order valence-corrected chi connectivity index (χ0v) is 20.9. The van der Waals surface area contributed by atoms with Crippen molar-refractivity contribution in [3.63, 3.8) is 0 Å². The van der Waals surface area contributed by atoms with Gasteiger partial charge in [0.05, 0.1) is 12.1 Å². The van der Waals surface area contributed by atoms with Crippen molar-refractivity contribution in [2.75, 3.05) is 19.7 Å². The van der Waals surface area contributed by atoms with Gasteiger partial charge >= 0.3 is 12.1 Å². The molecule has 0 bridgehead atoms. The van der Waals surface area contributed by atoms with Gasteiger partial charge in [0.25, 0.3) is 0 Å². The highest BCUT2D eigenvalue weighted by Crippen LogP contribution is 2.44. The van der Waals surface area contributed by atoms with Gasteiger partial charge < -0.3 is 25.4 Å². The van der Waals surface area contributed by atoms with E-state index in [4.69, 9.17) is 9.47 Å². The lowest BCUT2D eigenvalue weighted by molar-refractivity contribution is -0.151. The van der Waals surface area contributed by atoms with Gasteiger partial charge in [-0.25, -0.2) is 9.59 Å². The van der Waals surface area contributed by atoms with Crippen molar-refractivity contribution < 1.29 is 23.9 Å². The number of carbonyl (C=O) groups is 3. The van der Waals surface area contributed by atoms with Crippen LogP contribution < -0.4 is 16.0 Å². The number of alkyl carbamates (subject to hydrolysis) is 1. The second-order valence-electron chi connectivity index (χ2n) is 9.59. The Morgan fingerprint density at radius 2 is 1.69 bits per heavy atom. The summed E-state index contributed by atoms with van der Waals surface area (Å²) in [5, 5.41) is 8.71. The maximum absolute atomic E-state index is 12.5. The Morgan fingerprint density at radius 3 is 2.31 bits per heavy atom. The molecule has 8 nitrogen and oxygen atoms in total. The van der Waals surface area contributed by atoms with Gasteiger partial charge in [-0.05, 0) is 68.3 Å². The molecule has 0 spiro atoms. The summed E-state index contributed by atoms with van der Waals surface area (Å²) >= 11 is 0. The van der Waals surface area contributed by atoms with Crippen molar-refractivity contribution in [2.45, 2.75) is 63.6 Å². The van der Waals surface area contributed by atoms with Crippen LogP contribution in [0.5, 0.6) is 0 Å². The number of hydrogen-bond acceptors (Lipinski definition) is 6. The quantitative estimate of drug-likeness (QED) is 0.346. The monoisotopic (exact) mass is 493 g/mol. The molecule has 8 heteroatoms. The highest BCUT2D eigenvalue weighted by molar-refractivity contribution is 5.87. The minimum absolute atomic E-state index is 0.00209. The van der Waals surface area contributed by atoms with E-state index in [9.17, 15) is 14.4 Å². The number of carbonyl (C=O) groups excluding carboxylic acids is 3. The molecule has 4 rings (SSSR count). The molecule has 192 valence electrons. The van der Waals surface area contributed by atoms with E-state index in [1.807, 2.05) is 24.3 Å². The molecule has 1 saturated heterocycles. The standard InChI is InChI=1S/C28H35N3O5/c1-18(2)36-27(33)25(31-26(32)24-13-7-15-29-24)14-8-16-30-28(34)35-17-23-21-11-5-3-9-19(21)20-10-4-6-12-22(20)23/h3-6,9-12,18,23-25,29H,7-8,13-17H2,1-2H3,(H,30,34)(H,31,32). The normalized spacial score (nSPS) is 17.2. The van der Waals surface area contributed by atoms with Crippen LogP contribution in [0.3, 0.4) is 0 Å². The average molecular weight is 494 g/mol. The summed E-state index contributed by atoms with van der Waals surface area (Å²) in [7, 11) is 0. The highest BCUT2D eigenvalue weighted by atomic mass is 16.5. The molecule has 2 aromatic carbocycles. The number of esters is 1. The van der Waals surface area contributed by atoms with Crippen LogP contribution in [-0.2, 0) is 19.1 Å². The summed E-state index contributed by atoms with van der Waals surface area (Å²) in [5.74, 6) is -0.655. The van der Waals surface area contributed by atoms with Gasteiger partial charge in [-0.1, -0.05) is 48.5 Å². The van der Waals surface area contributed by atoms with Crippen molar-refractivity contribution in [3.05, 3.63) is 59.7 Å². The first-order valence-corrected chi connectivity index (χ1v) is 12.8. The summed E-state index contributed by atoms with van der Waals surface area (Å²) in [6.45, 7) is 4.90. The first kappa shape index (κ1) is 25.7. The molecule has 2 atom stereocenters. The van der Waals surface area contributed by atoms with E-state index in [0.29, 0.717) is 19.4 Å². The maximum Gasteiger partial charge on any atom is 0.407 e. The highest BCUT2D eigenvalue weighted by Gasteiger charge is 2.30. The van der Waals surface area contributed by atoms with E-state index in [0.717, 1.165) is 30.5 Å². The Labute approximate surface area is 212 Å². The number of benzene rings is 2. The number of fused-ring (bicyclic) bond motifs is 3. The fourth-order valence-corrected chi connectivity index (χ4v) is 4.89. The number of ether oxygens (including phenoxy) is 2. The molecule has 0 saturated carbocycles. The summed E-state index contributed by atoms with van der Waals surface area (Å²) in [4.78, 5) is 37.4. The van der Waals surface area contributed by atoms with Gasteiger partial charge in [0.15, 0.2) is 0 Å². The molecule has 0 radical (unpaired) electrons. The SMILES string of the molecule is CC(C)OC(=O)C(CCCNC(=O)OCC1c2ccccc2-c2ccccc21)NC(=O)C1CCCN1. The van der Waals surface area contributed by atoms with Gasteiger partial charge in [-0.2, -0.15) is 0 Å².